The third-order valence-corrected chi connectivity index (χ3v) is 7.00. The number of aromatic amines is 1. The second kappa shape index (κ2) is 18.6. The minimum absolute atomic E-state index is 0.281. The van der Waals surface area contributed by atoms with Crippen LogP contribution in [-0.4, -0.2) is 62.2 Å². The van der Waals surface area contributed by atoms with Gasteiger partial charge in [-0.3, -0.25) is 19.1 Å². The van der Waals surface area contributed by atoms with Crippen LogP contribution in [0.4, 0.5) is 0 Å². The predicted octanol–water partition coefficient (Wildman–Crippen LogP) is 3.24. The second-order valence-electron chi connectivity index (χ2n) is 9.51. The zero-order chi connectivity index (χ0) is 26.9. The number of H-pyrrole nitrogens is 1. The zero-order valence-corrected chi connectivity index (χ0v) is 22.5. The molecule has 0 spiro atoms. The van der Waals surface area contributed by atoms with Gasteiger partial charge in [-0.05, 0) is 12.8 Å². The van der Waals surface area contributed by atoms with Crippen LogP contribution in [0.25, 0.3) is 0 Å². The third kappa shape index (κ3) is 11.8. The molecule has 0 saturated carbocycles. The molecule has 12 heteroatoms. The molecule has 37 heavy (non-hydrogen) atoms. The number of aliphatic hydroxyl groups is 1. The van der Waals surface area contributed by atoms with E-state index in [2.05, 4.69) is 4.98 Å². The summed E-state index contributed by atoms with van der Waals surface area (Å²) in [5, 5.41) is 18.3. The molecule has 1 saturated heterocycles. The highest BCUT2D eigenvalue weighted by atomic mass is 31.1. The van der Waals surface area contributed by atoms with Crippen LogP contribution in [0.3, 0.4) is 0 Å². The van der Waals surface area contributed by atoms with Crippen molar-refractivity contribution in [3.05, 3.63) is 33.1 Å². The molecule has 1 fully saturated rings. The van der Waals surface area contributed by atoms with Gasteiger partial charge in [0.2, 0.25) is 0 Å². The van der Waals surface area contributed by atoms with Gasteiger partial charge in [-0.2, -0.15) is 0 Å². The molecule has 2 rings (SSSR count). The molecule has 1 aromatic heterocycles. The molecule has 5 atom stereocenters. The summed E-state index contributed by atoms with van der Waals surface area (Å²) >= 11 is 0. The summed E-state index contributed by atoms with van der Waals surface area (Å²) in [6.07, 6.45) is 12.8. The van der Waals surface area contributed by atoms with E-state index in [1.165, 1.54) is 61.8 Å². The van der Waals surface area contributed by atoms with E-state index in [0.717, 1.165) is 38.5 Å². The normalized spacial score (nSPS) is 21.8. The van der Waals surface area contributed by atoms with Gasteiger partial charge in [0.1, 0.15) is 18.3 Å². The number of aliphatic carboxylic acids is 1. The number of hydrogen-bond acceptors (Lipinski definition) is 8. The van der Waals surface area contributed by atoms with Crippen LogP contribution in [0.5, 0.6) is 0 Å². The molecule has 0 aromatic carbocycles. The average Bonchev–Trinajstić information content (AvgIpc) is 3.20. The minimum atomic E-state index is -0.896. The quantitative estimate of drug-likeness (QED) is 0.134. The Kier molecular flexibility index (Phi) is 15.9. The minimum Gasteiger partial charge on any atom is -0.481 e. The number of ether oxygens (including phenoxy) is 2. The van der Waals surface area contributed by atoms with Crippen molar-refractivity contribution in [2.75, 3.05) is 13.2 Å². The first-order valence-corrected chi connectivity index (χ1v) is 14.3. The maximum Gasteiger partial charge on any atom is 0.330 e. The predicted molar refractivity (Wildman–Crippen MR) is 140 cm³/mol. The topological polar surface area (TPSA) is 160 Å². The maximum atomic E-state index is 12.3. The molecule has 4 N–H and O–H groups in total. The van der Waals surface area contributed by atoms with E-state index in [1.54, 1.807) is 0 Å². The van der Waals surface area contributed by atoms with Crippen LogP contribution in [0.1, 0.15) is 96.1 Å². The van der Waals surface area contributed by atoms with E-state index in [1.807, 2.05) is 0 Å². The fraction of sp³-hybridized carbons (Fsp3) is 0.800. The zero-order valence-electron chi connectivity index (χ0n) is 21.5. The molecular weight excluding hydrogens is 503 g/mol. The maximum absolute atomic E-state index is 12.3. The van der Waals surface area contributed by atoms with Crippen LogP contribution in [-0.2, 0) is 18.8 Å². The van der Waals surface area contributed by atoms with Crippen LogP contribution in [0, 0.1) is 0 Å². The highest BCUT2D eigenvalue weighted by Crippen LogP contribution is 2.35. The van der Waals surface area contributed by atoms with Crippen molar-refractivity contribution in [1.29, 1.82) is 0 Å². The molecule has 0 amide bonds. The number of nitrogens with zero attached hydrogens (tertiary/aromatic N) is 1. The average molecular weight is 547 g/mol. The highest BCUT2D eigenvalue weighted by Gasteiger charge is 2.47. The van der Waals surface area contributed by atoms with Gasteiger partial charge in [0.05, 0.1) is 6.61 Å². The molecule has 1 aliphatic rings. The smallest absolute Gasteiger partial charge is 0.330 e. The molecule has 0 aliphatic carbocycles. The number of nitrogens with one attached hydrogen (secondary N) is 1. The van der Waals surface area contributed by atoms with Crippen molar-refractivity contribution in [2.45, 2.75) is 114 Å². The lowest BCUT2D eigenvalue weighted by Crippen LogP contribution is -2.40. The first kappa shape index (κ1) is 31.6. The number of carboxylic acids is 1. The molecule has 212 valence electrons. The molecule has 2 heterocycles. The van der Waals surface area contributed by atoms with Crippen molar-refractivity contribution >= 4 is 15.0 Å². The summed E-state index contributed by atoms with van der Waals surface area (Å²) in [5.74, 6) is -0.706. The van der Waals surface area contributed by atoms with Gasteiger partial charge in [0, 0.05) is 25.3 Å². The molecule has 5 unspecified atom stereocenters. The Hall–Kier alpha value is -1.62. The van der Waals surface area contributed by atoms with Gasteiger partial charge in [-0.1, -0.05) is 70.6 Å². The largest absolute Gasteiger partial charge is 0.481 e. The molecule has 11 nitrogen and oxygen atoms in total. The van der Waals surface area contributed by atoms with Crippen LogP contribution in [0.2, 0.25) is 0 Å². The van der Waals surface area contributed by atoms with Gasteiger partial charge < -0.3 is 29.1 Å². The number of unbranched alkanes of at least 4 members (excludes halogenated alkanes) is 12. The number of carbonyl (C=O) groups is 1. The van der Waals surface area contributed by atoms with Gasteiger partial charge >= 0.3 is 11.7 Å². The fourth-order valence-electron chi connectivity index (χ4n) is 4.63. The highest BCUT2D eigenvalue weighted by molar-refractivity contribution is 7.25. The lowest BCUT2D eigenvalue weighted by atomic mass is 10.0. The number of rotatable bonds is 21. The Morgan fingerprint density at radius 1 is 0.946 bits per heavy atom. The lowest BCUT2D eigenvalue weighted by molar-refractivity contribution is -0.137. The summed E-state index contributed by atoms with van der Waals surface area (Å²) in [6, 6.07) is 1.21. The summed E-state index contributed by atoms with van der Waals surface area (Å²) in [4.78, 5) is 45.7. The summed E-state index contributed by atoms with van der Waals surface area (Å²) in [6.45, 7) is 0.0536. The van der Waals surface area contributed by atoms with E-state index < -0.39 is 50.8 Å². The molecule has 1 aliphatic heterocycles. The van der Waals surface area contributed by atoms with E-state index >= 15 is 0 Å². The summed E-state index contributed by atoms with van der Waals surface area (Å²) in [5.41, 5.74) is -1.17. The monoisotopic (exact) mass is 546 g/mol. The Morgan fingerprint density at radius 3 is 2.03 bits per heavy atom. The standard InChI is InChI=1S/C25H43N2O9P/c28-18-19-22(36-37-33)23(24(35-19)27-16-15-20(29)26-25(27)32)34-17-13-11-9-7-5-3-1-2-4-6-8-10-12-14-21(30)31/h15-16,19,22-24,28,33,37H,1-14,17-18H2,(H,30,31)(H,26,29,32). The SMILES string of the molecule is O=C(O)CCCCCCCCCCCCCCCOC1C(OPO)C(CO)OC1n1ccc(=O)[nH]c1=O. The van der Waals surface area contributed by atoms with E-state index in [0.29, 0.717) is 6.61 Å². The van der Waals surface area contributed by atoms with Crippen molar-refractivity contribution in [2.24, 2.45) is 0 Å². The number of aromatic nitrogens is 2. The number of aliphatic hydroxyl groups excluding tert-OH is 1. The molecule has 0 radical (unpaired) electrons. The van der Waals surface area contributed by atoms with E-state index in [4.69, 9.17) is 19.1 Å². The van der Waals surface area contributed by atoms with Crippen molar-refractivity contribution < 1.29 is 33.9 Å². The van der Waals surface area contributed by atoms with E-state index in [-0.39, 0.29) is 13.0 Å². The van der Waals surface area contributed by atoms with Gasteiger partial charge in [-0.15, -0.1) is 0 Å². The summed E-state index contributed by atoms with van der Waals surface area (Å²) < 4.78 is 18.4. The first-order chi connectivity index (χ1) is 18.0. The molecular formula is C25H43N2O9P. The Balaban J connectivity index is 1.60. The van der Waals surface area contributed by atoms with Crippen molar-refractivity contribution in [3.8, 4) is 0 Å². The van der Waals surface area contributed by atoms with Crippen LogP contribution in [0.15, 0.2) is 21.9 Å². The lowest BCUT2D eigenvalue weighted by Gasteiger charge is -2.24. The Labute approximate surface area is 219 Å². The van der Waals surface area contributed by atoms with Crippen LogP contribution < -0.4 is 11.2 Å². The third-order valence-electron chi connectivity index (χ3n) is 6.62. The first-order valence-electron chi connectivity index (χ1n) is 13.4. The van der Waals surface area contributed by atoms with Crippen LogP contribution >= 0.6 is 9.03 Å². The summed E-state index contributed by atoms with van der Waals surface area (Å²) in [7, 11) is -0.823. The fourth-order valence-corrected chi connectivity index (χ4v) is 5.04. The van der Waals surface area contributed by atoms with Gasteiger partial charge in [0.25, 0.3) is 5.56 Å². The van der Waals surface area contributed by atoms with Gasteiger partial charge in [0.15, 0.2) is 15.3 Å². The van der Waals surface area contributed by atoms with Gasteiger partial charge in [-0.25, -0.2) is 4.79 Å². The number of hydrogen-bond donors (Lipinski definition) is 4. The van der Waals surface area contributed by atoms with Crippen molar-refractivity contribution in [3.63, 3.8) is 0 Å². The van der Waals surface area contributed by atoms with Crippen molar-refractivity contribution in [1.82, 2.24) is 9.55 Å². The molecule has 1 aromatic rings. The Morgan fingerprint density at radius 2 is 1.51 bits per heavy atom. The number of carboxylic acid groups (broad SMARTS) is 1. The van der Waals surface area contributed by atoms with E-state index in [9.17, 15) is 24.4 Å². The Bertz CT molecular complexity index is 878. The molecule has 0 bridgehead atoms. The second-order valence-corrected chi connectivity index (χ2v) is 9.93.